The van der Waals surface area contributed by atoms with Crippen LogP contribution >= 0.6 is 0 Å². The number of nitrogens with zero attached hydrogens (tertiary/aromatic N) is 2. The molecule has 10 nitrogen and oxygen atoms in total. The molecule has 0 saturated carbocycles. The Bertz CT molecular complexity index is 606. The van der Waals surface area contributed by atoms with E-state index in [1.165, 1.54) is 12.3 Å². The van der Waals surface area contributed by atoms with Crippen molar-refractivity contribution in [2.24, 2.45) is 5.73 Å². The molecule has 0 aromatic carbocycles. The number of aromatic nitrogens is 2. The highest BCUT2D eigenvalue weighted by Crippen LogP contribution is 2.28. The molecule has 0 unspecified atom stereocenters. The Kier molecular flexibility index (Phi) is 5.66. The number of ether oxygens (including phenoxy) is 2. The summed E-state index contributed by atoms with van der Waals surface area (Å²) in [6, 6.07) is 1.37. The fourth-order valence-corrected chi connectivity index (χ4v) is 2.21. The number of anilines is 1. The van der Waals surface area contributed by atoms with Gasteiger partial charge in [-0.2, -0.15) is 4.98 Å². The van der Waals surface area contributed by atoms with E-state index in [0.717, 1.165) is 4.57 Å². The van der Waals surface area contributed by atoms with Crippen molar-refractivity contribution in [2.75, 3.05) is 18.9 Å². The van der Waals surface area contributed by atoms with Gasteiger partial charge in [-0.3, -0.25) is 9.36 Å². The van der Waals surface area contributed by atoms with E-state index in [4.69, 9.17) is 20.9 Å². The van der Waals surface area contributed by atoms with Crippen LogP contribution in [-0.2, 0) is 14.3 Å². The molecule has 0 spiro atoms. The lowest BCUT2D eigenvalue weighted by molar-refractivity contribution is -0.150. The first kappa shape index (κ1) is 17.3. The zero-order chi connectivity index (χ0) is 17.0. The molecule has 0 radical (unpaired) electrons. The van der Waals surface area contributed by atoms with Gasteiger partial charge in [0.25, 0.3) is 0 Å². The first-order valence-corrected chi connectivity index (χ1v) is 7.16. The molecule has 6 N–H and O–H groups in total. The Balaban J connectivity index is 2.00. The second kappa shape index (κ2) is 7.51. The first-order chi connectivity index (χ1) is 10.9. The van der Waals surface area contributed by atoms with E-state index in [1.807, 2.05) is 0 Å². The molecular weight excluding hydrogens is 308 g/mol. The van der Waals surface area contributed by atoms with Gasteiger partial charge in [-0.05, 0) is 19.0 Å². The van der Waals surface area contributed by atoms with Crippen molar-refractivity contribution in [1.82, 2.24) is 9.55 Å². The third-order valence-corrected chi connectivity index (χ3v) is 3.46. The Morgan fingerprint density at radius 1 is 1.43 bits per heavy atom. The number of hydrogen-bond donors (Lipinski definition) is 4. The molecule has 0 amide bonds. The van der Waals surface area contributed by atoms with Gasteiger partial charge >= 0.3 is 11.7 Å². The summed E-state index contributed by atoms with van der Waals surface area (Å²) in [5.74, 6) is -0.444. The highest BCUT2D eigenvalue weighted by molar-refractivity contribution is 5.69. The van der Waals surface area contributed by atoms with E-state index in [2.05, 4.69) is 4.98 Å². The zero-order valence-corrected chi connectivity index (χ0v) is 12.4. The minimum atomic E-state index is -1.37. The zero-order valence-electron chi connectivity index (χ0n) is 12.4. The first-order valence-electron chi connectivity index (χ1n) is 7.16. The second-order valence-corrected chi connectivity index (χ2v) is 5.16. The van der Waals surface area contributed by atoms with Gasteiger partial charge < -0.3 is 31.2 Å². The van der Waals surface area contributed by atoms with Crippen molar-refractivity contribution in [1.29, 1.82) is 0 Å². The number of carbonyl (C=O) groups is 1. The number of aliphatic hydroxyl groups is 2. The standard InChI is InChI=1S/C13H20N4O6/c14-4-1-2-9(18)22-6-7-10(19)11(20)12(23-7)17-5-3-8(15)16-13(17)21/h3,5,7,10-12,19-20H,1-2,4,6,14H2,(H2,15,16,21)/t7-,10-,11-,12-/m1/s1. The molecule has 1 aromatic heterocycles. The highest BCUT2D eigenvalue weighted by Gasteiger charge is 2.44. The summed E-state index contributed by atoms with van der Waals surface area (Å²) in [4.78, 5) is 26.7. The lowest BCUT2D eigenvalue weighted by Gasteiger charge is -2.16. The highest BCUT2D eigenvalue weighted by atomic mass is 16.6. The number of nitrogens with two attached hydrogens (primary N) is 2. The number of rotatable bonds is 6. The van der Waals surface area contributed by atoms with Crippen molar-refractivity contribution in [2.45, 2.75) is 37.4 Å². The predicted octanol–water partition coefficient (Wildman–Crippen LogP) is -2.27. The Hall–Kier alpha value is -2.01. The summed E-state index contributed by atoms with van der Waals surface area (Å²) >= 11 is 0. The Labute approximate surface area is 131 Å². The average molecular weight is 328 g/mol. The summed E-state index contributed by atoms with van der Waals surface area (Å²) in [6.45, 7) is 0.126. The van der Waals surface area contributed by atoms with Crippen LogP contribution in [0.4, 0.5) is 5.82 Å². The smallest absolute Gasteiger partial charge is 0.351 e. The van der Waals surface area contributed by atoms with Crippen LogP contribution in [0, 0.1) is 0 Å². The predicted molar refractivity (Wildman–Crippen MR) is 78.1 cm³/mol. The van der Waals surface area contributed by atoms with Crippen molar-refractivity contribution >= 4 is 11.8 Å². The third kappa shape index (κ3) is 4.05. The van der Waals surface area contributed by atoms with Gasteiger partial charge in [-0.15, -0.1) is 0 Å². The van der Waals surface area contributed by atoms with E-state index in [0.29, 0.717) is 13.0 Å². The molecule has 1 saturated heterocycles. The van der Waals surface area contributed by atoms with Gasteiger partial charge in [0.15, 0.2) is 6.23 Å². The molecule has 10 heteroatoms. The van der Waals surface area contributed by atoms with E-state index in [1.54, 1.807) is 0 Å². The molecule has 1 aromatic rings. The maximum atomic E-state index is 11.8. The number of aliphatic hydroxyl groups excluding tert-OH is 2. The number of esters is 1. The van der Waals surface area contributed by atoms with Crippen LogP contribution in [-0.4, -0.2) is 57.2 Å². The van der Waals surface area contributed by atoms with Gasteiger partial charge in [0.1, 0.15) is 30.7 Å². The molecule has 0 aliphatic carbocycles. The van der Waals surface area contributed by atoms with Crippen LogP contribution in [0.25, 0.3) is 0 Å². The minimum absolute atomic E-state index is 0.0321. The summed E-state index contributed by atoms with van der Waals surface area (Å²) in [7, 11) is 0. The molecule has 2 heterocycles. The molecule has 23 heavy (non-hydrogen) atoms. The molecule has 1 aliphatic rings. The van der Waals surface area contributed by atoms with Crippen molar-refractivity contribution in [3.63, 3.8) is 0 Å². The van der Waals surface area contributed by atoms with Gasteiger partial charge in [0.2, 0.25) is 0 Å². The lowest BCUT2D eigenvalue weighted by Crippen LogP contribution is -2.36. The minimum Gasteiger partial charge on any atom is -0.463 e. The SMILES string of the molecule is NCCCC(=O)OC[C@H]1O[C@@H](n2ccc(N)nc2=O)[C@H](O)[C@@H]1O. The largest absolute Gasteiger partial charge is 0.463 e. The van der Waals surface area contributed by atoms with Crippen LogP contribution in [0.2, 0.25) is 0 Å². The summed E-state index contributed by atoms with van der Waals surface area (Å²) in [6.07, 6.45) is -2.82. The van der Waals surface area contributed by atoms with Crippen LogP contribution in [0.3, 0.4) is 0 Å². The fraction of sp³-hybridized carbons (Fsp3) is 0.615. The van der Waals surface area contributed by atoms with E-state index in [-0.39, 0.29) is 18.8 Å². The normalized spacial score (nSPS) is 27.1. The van der Waals surface area contributed by atoms with Crippen molar-refractivity contribution in [3.8, 4) is 0 Å². The Morgan fingerprint density at radius 3 is 2.83 bits per heavy atom. The quantitative estimate of drug-likeness (QED) is 0.421. The molecule has 4 atom stereocenters. The van der Waals surface area contributed by atoms with Crippen molar-refractivity contribution < 1.29 is 24.5 Å². The van der Waals surface area contributed by atoms with Crippen LogP contribution in [0.1, 0.15) is 19.1 Å². The van der Waals surface area contributed by atoms with E-state index in [9.17, 15) is 19.8 Å². The molecule has 128 valence electrons. The van der Waals surface area contributed by atoms with Gasteiger partial charge in [-0.1, -0.05) is 0 Å². The number of nitrogen functional groups attached to an aromatic ring is 1. The number of hydrogen-bond acceptors (Lipinski definition) is 9. The summed E-state index contributed by atoms with van der Waals surface area (Å²) < 4.78 is 11.4. The maximum absolute atomic E-state index is 11.8. The van der Waals surface area contributed by atoms with Crippen LogP contribution in [0.15, 0.2) is 17.1 Å². The molecule has 0 bridgehead atoms. The topological polar surface area (TPSA) is 163 Å². The van der Waals surface area contributed by atoms with E-state index < -0.39 is 36.2 Å². The van der Waals surface area contributed by atoms with Gasteiger partial charge in [0, 0.05) is 12.6 Å². The lowest BCUT2D eigenvalue weighted by atomic mass is 10.1. The molecular formula is C13H20N4O6. The monoisotopic (exact) mass is 328 g/mol. The third-order valence-electron chi connectivity index (χ3n) is 3.46. The molecule has 1 aliphatic heterocycles. The fourth-order valence-electron chi connectivity index (χ4n) is 2.21. The summed E-state index contributed by atoms with van der Waals surface area (Å²) in [5.41, 5.74) is 9.96. The van der Waals surface area contributed by atoms with Crippen LogP contribution in [0.5, 0.6) is 0 Å². The molecule has 2 rings (SSSR count). The molecule has 1 fully saturated rings. The number of carbonyl (C=O) groups excluding carboxylic acids is 1. The average Bonchev–Trinajstić information content (AvgIpc) is 2.79. The Morgan fingerprint density at radius 2 is 2.17 bits per heavy atom. The summed E-state index contributed by atoms with van der Waals surface area (Å²) in [5, 5.41) is 20.0. The van der Waals surface area contributed by atoms with Crippen LogP contribution < -0.4 is 17.2 Å². The maximum Gasteiger partial charge on any atom is 0.351 e. The van der Waals surface area contributed by atoms with Crippen molar-refractivity contribution in [3.05, 3.63) is 22.7 Å². The van der Waals surface area contributed by atoms with Gasteiger partial charge in [0.05, 0.1) is 0 Å². The van der Waals surface area contributed by atoms with E-state index >= 15 is 0 Å². The second-order valence-electron chi connectivity index (χ2n) is 5.16. The van der Waals surface area contributed by atoms with Gasteiger partial charge in [-0.25, -0.2) is 4.79 Å².